The first-order chi connectivity index (χ1) is 18.5. The molecule has 38 heavy (non-hydrogen) atoms. The molecule has 0 atom stereocenters. The average Bonchev–Trinajstić information content (AvgIpc) is 3.37. The summed E-state index contributed by atoms with van der Waals surface area (Å²) in [4.78, 5) is 13.1. The number of fused-ring (bicyclic) bond motifs is 3. The summed E-state index contributed by atoms with van der Waals surface area (Å²) in [5.74, 6) is 0.504. The van der Waals surface area contributed by atoms with Crippen LogP contribution in [0.15, 0.2) is 108 Å². The molecule has 5 aromatic carbocycles. The van der Waals surface area contributed by atoms with Crippen LogP contribution in [0.3, 0.4) is 0 Å². The van der Waals surface area contributed by atoms with Gasteiger partial charge >= 0.3 is 0 Å². The number of amides is 1. The highest BCUT2D eigenvalue weighted by Gasteiger charge is 2.19. The van der Waals surface area contributed by atoms with Crippen molar-refractivity contribution in [2.24, 2.45) is 0 Å². The highest BCUT2D eigenvalue weighted by molar-refractivity contribution is 6.09. The Morgan fingerprint density at radius 3 is 2.39 bits per heavy atom. The summed E-state index contributed by atoms with van der Waals surface area (Å²) in [5.41, 5.74) is 6.20. The molecule has 0 unspecified atom stereocenters. The van der Waals surface area contributed by atoms with Crippen molar-refractivity contribution in [1.82, 2.24) is 0 Å². The van der Waals surface area contributed by atoms with Crippen LogP contribution in [-0.4, -0.2) is 13.0 Å². The second-order valence-electron chi connectivity index (χ2n) is 9.51. The van der Waals surface area contributed by atoms with Crippen molar-refractivity contribution >= 4 is 49.7 Å². The zero-order valence-electron chi connectivity index (χ0n) is 21.5. The Bertz CT molecular complexity index is 1870. The predicted molar refractivity (Wildman–Crippen MR) is 157 cm³/mol. The van der Waals surface area contributed by atoms with Gasteiger partial charge in [0.1, 0.15) is 11.3 Å². The number of carbonyl (C=O) groups is 1. The van der Waals surface area contributed by atoms with Crippen LogP contribution in [0.4, 0.5) is 5.69 Å². The molecule has 0 saturated heterocycles. The molecule has 0 spiro atoms. The Hall–Kier alpha value is -4.83. The molecule has 0 fully saturated rings. The molecule has 0 bridgehead atoms. The Balaban J connectivity index is 1.41. The number of hydrogen-bond donors (Lipinski definition) is 1. The minimum atomic E-state index is -0.194. The Morgan fingerprint density at radius 2 is 1.58 bits per heavy atom. The summed E-state index contributed by atoms with van der Waals surface area (Å²) in [7, 11) is 1.65. The van der Waals surface area contributed by atoms with Gasteiger partial charge < -0.3 is 14.5 Å². The number of hydrogen-bond acceptors (Lipinski definition) is 3. The van der Waals surface area contributed by atoms with Gasteiger partial charge in [-0.1, -0.05) is 72.8 Å². The van der Waals surface area contributed by atoms with Crippen LogP contribution >= 0.6 is 0 Å². The number of anilines is 1. The standard InChI is InChI=1S/C34H27NO3/c1-21(17-32(36)35-31-14-8-12-24-10-6-7-13-27(24)31)28-19-29-30(20-38-34(29)22(2)33(28)37-3)26-16-15-23-9-4-5-11-25(23)18-26/h4-20H,1-3H3,(H,35,36)/b21-17+. The molecule has 0 aliphatic carbocycles. The van der Waals surface area contributed by atoms with Gasteiger partial charge in [-0.2, -0.15) is 0 Å². The first-order valence-corrected chi connectivity index (χ1v) is 12.6. The van der Waals surface area contributed by atoms with E-state index >= 15 is 0 Å². The number of rotatable bonds is 5. The third-order valence-corrected chi connectivity index (χ3v) is 7.13. The summed E-state index contributed by atoms with van der Waals surface area (Å²) in [6.07, 6.45) is 3.43. The van der Waals surface area contributed by atoms with Crippen LogP contribution in [0.25, 0.3) is 49.2 Å². The zero-order chi connectivity index (χ0) is 26.2. The summed E-state index contributed by atoms with van der Waals surface area (Å²) in [6, 6.07) is 30.7. The molecule has 1 heterocycles. The van der Waals surface area contributed by atoms with Gasteiger partial charge in [-0.05, 0) is 59.3 Å². The van der Waals surface area contributed by atoms with Crippen LogP contribution in [0.5, 0.6) is 5.75 Å². The minimum absolute atomic E-state index is 0.194. The smallest absolute Gasteiger partial charge is 0.248 e. The number of allylic oxidation sites excluding steroid dienone is 1. The quantitative estimate of drug-likeness (QED) is 0.242. The number of benzene rings is 5. The topological polar surface area (TPSA) is 51.5 Å². The van der Waals surface area contributed by atoms with Gasteiger partial charge in [-0.3, -0.25) is 4.79 Å². The maximum absolute atomic E-state index is 13.1. The lowest BCUT2D eigenvalue weighted by Gasteiger charge is -2.14. The minimum Gasteiger partial charge on any atom is -0.496 e. The van der Waals surface area contributed by atoms with E-state index in [1.54, 1.807) is 19.4 Å². The molecule has 6 rings (SSSR count). The van der Waals surface area contributed by atoms with E-state index in [9.17, 15) is 4.79 Å². The second-order valence-corrected chi connectivity index (χ2v) is 9.51. The number of carbonyl (C=O) groups excluding carboxylic acids is 1. The molecule has 0 aliphatic heterocycles. The van der Waals surface area contributed by atoms with Crippen LogP contribution in [0, 0.1) is 6.92 Å². The summed E-state index contributed by atoms with van der Waals surface area (Å²) < 4.78 is 11.8. The molecule has 1 amide bonds. The Morgan fingerprint density at radius 1 is 0.842 bits per heavy atom. The van der Waals surface area contributed by atoms with Crippen molar-refractivity contribution in [2.75, 3.05) is 12.4 Å². The fraction of sp³-hybridized carbons (Fsp3) is 0.0882. The van der Waals surface area contributed by atoms with Crippen LogP contribution in [-0.2, 0) is 4.79 Å². The highest BCUT2D eigenvalue weighted by atomic mass is 16.5. The summed E-state index contributed by atoms with van der Waals surface area (Å²) in [6.45, 7) is 3.92. The fourth-order valence-corrected chi connectivity index (χ4v) is 5.23. The van der Waals surface area contributed by atoms with Gasteiger partial charge in [0.15, 0.2) is 0 Å². The normalized spacial score (nSPS) is 11.8. The molecule has 0 radical (unpaired) electrons. The third kappa shape index (κ3) is 4.10. The number of furan rings is 1. The van der Waals surface area contributed by atoms with Crippen molar-refractivity contribution in [1.29, 1.82) is 0 Å². The van der Waals surface area contributed by atoms with E-state index in [-0.39, 0.29) is 5.91 Å². The second kappa shape index (κ2) is 9.56. The Kier molecular flexibility index (Phi) is 5.93. The molecule has 6 aromatic rings. The number of aryl methyl sites for hydroxylation is 1. The van der Waals surface area contributed by atoms with Crippen molar-refractivity contribution in [2.45, 2.75) is 13.8 Å². The lowest BCUT2D eigenvalue weighted by Crippen LogP contribution is -2.09. The van der Waals surface area contributed by atoms with E-state index in [0.29, 0.717) is 5.75 Å². The summed E-state index contributed by atoms with van der Waals surface area (Å²) >= 11 is 0. The zero-order valence-corrected chi connectivity index (χ0v) is 21.5. The van der Waals surface area contributed by atoms with Crippen molar-refractivity contribution in [3.05, 3.63) is 114 Å². The molecule has 186 valence electrons. The number of nitrogens with one attached hydrogen (secondary N) is 1. The maximum atomic E-state index is 13.1. The SMILES string of the molecule is COc1c(/C(C)=C/C(=O)Nc2cccc3ccccc23)cc2c(-c3ccc4ccccc4c3)coc2c1C. The largest absolute Gasteiger partial charge is 0.496 e. The first kappa shape index (κ1) is 23.6. The van der Waals surface area contributed by atoms with Gasteiger partial charge in [-0.15, -0.1) is 0 Å². The maximum Gasteiger partial charge on any atom is 0.248 e. The molecule has 0 aliphatic rings. The molecule has 0 saturated carbocycles. The van der Waals surface area contributed by atoms with E-state index in [1.807, 2.05) is 68.4 Å². The van der Waals surface area contributed by atoms with Gasteiger partial charge in [0.05, 0.1) is 13.4 Å². The van der Waals surface area contributed by atoms with Crippen LogP contribution < -0.4 is 10.1 Å². The first-order valence-electron chi connectivity index (χ1n) is 12.6. The Labute approximate surface area is 221 Å². The van der Waals surface area contributed by atoms with Gasteiger partial charge in [0.25, 0.3) is 0 Å². The van der Waals surface area contributed by atoms with Gasteiger partial charge in [-0.25, -0.2) is 0 Å². The molecule has 1 aromatic heterocycles. The van der Waals surface area contributed by atoms with E-state index in [2.05, 4.69) is 41.7 Å². The third-order valence-electron chi connectivity index (χ3n) is 7.13. The van der Waals surface area contributed by atoms with Crippen molar-refractivity contribution in [3.8, 4) is 16.9 Å². The van der Waals surface area contributed by atoms with E-state index in [4.69, 9.17) is 9.15 Å². The number of ether oxygens (including phenoxy) is 1. The molecule has 4 nitrogen and oxygen atoms in total. The monoisotopic (exact) mass is 497 g/mol. The molecular formula is C34H27NO3. The van der Waals surface area contributed by atoms with E-state index in [0.717, 1.165) is 55.3 Å². The van der Waals surface area contributed by atoms with Crippen molar-refractivity contribution < 1.29 is 13.9 Å². The average molecular weight is 498 g/mol. The highest BCUT2D eigenvalue weighted by Crippen LogP contribution is 2.41. The number of methoxy groups -OCH3 is 1. The predicted octanol–water partition coefficient (Wildman–Crippen LogP) is 8.77. The molecule has 4 heteroatoms. The van der Waals surface area contributed by atoms with Crippen LogP contribution in [0.2, 0.25) is 0 Å². The lowest BCUT2D eigenvalue weighted by molar-refractivity contribution is -0.111. The lowest BCUT2D eigenvalue weighted by atomic mass is 9.95. The van der Waals surface area contributed by atoms with Crippen LogP contribution in [0.1, 0.15) is 18.1 Å². The fourth-order valence-electron chi connectivity index (χ4n) is 5.23. The van der Waals surface area contributed by atoms with Gasteiger partial charge in [0, 0.05) is 39.2 Å². The molecular weight excluding hydrogens is 470 g/mol. The van der Waals surface area contributed by atoms with E-state index in [1.165, 1.54) is 10.8 Å². The van der Waals surface area contributed by atoms with Crippen molar-refractivity contribution in [3.63, 3.8) is 0 Å². The summed E-state index contributed by atoms with van der Waals surface area (Å²) in [5, 5.41) is 8.48. The van der Waals surface area contributed by atoms with E-state index < -0.39 is 0 Å². The molecule has 1 N–H and O–H groups in total. The van der Waals surface area contributed by atoms with Gasteiger partial charge in [0.2, 0.25) is 5.91 Å².